The number of nitrogens with one attached hydrogen (secondary N) is 2. The highest BCUT2D eigenvalue weighted by Gasteiger charge is 2.14. The first-order valence-electron chi connectivity index (χ1n) is 10.2. The lowest BCUT2D eigenvalue weighted by Crippen LogP contribution is -2.23. The molecule has 4 aromatic rings. The molecule has 0 atom stereocenters. The van der Waals surface area contributed by atoms with Crippen molar-refractivity contribution in [2.75, 3.05) is 0 Å². The van der Waals surface area contributed by atoms with Crippen molar-refractivity contribution >= 4 is 33.7 Å². The predicted molar refractivity (Wildman–Crippen MR) is 126 cm³/mol. The molecule has 1 aromatic carbocycles. The maximum Gasteiger partial charge on any atom is 0.259 e. The summed E-state index contributed by atoms with van der Waals surface area (Å²) in [7, 11) is 0. The molecule has 4 rings (SSSR count). The Morgan fingerprint density at radius 2 is 1.97 bits per heavy atom. The average molecular weight is 449 g/mol. The minimum absolute atomic E-state index is 0.0657. The van der Waals surface area contributed by atoms with Crippen LogP contribution >= 0.6 is 11.3 Å². The summed E-state index contributed by atoms with van der Waals surface area (Å²) in [6, 6.07) is 10.1. The van der Waals surface area contributed by atoms with Gasteiger partial charge in [-0.3, -0.25) is 14.3 Å². The van der Waals surface area contributed by atoms with Gasteiger partial charge in [-0.1, -0.05) is 30.3 Å². The second-order valence-electron chi connectivity index (χ2n) is 7.67. The van der Waals surface area contributed by atoms with Crippen molar-refractivity contribution in [1.82, 2.24) is 25.2 Å². The van der Waals surface area contributed by atoms with Crippen LogP contribution in [0, 0.1) is 27.7 Å². The van der Waals surface area contributed by atoms with Gasteiger partial charge in [0.15, 0.2) is 0 Å². The van der Waals surface area contributed by atoms with Gasteiger partial charge < -0.3 is 4.98 Å². The fourth-order valence-corrected chi connectivity index (χ4v) is 4.60. The van der Waals surface area contributed by atoms with Crippen molar-refractivity contribution in [3.05, 3.63) is 79.5 Å². The molecule has 0 aliphatic carbocycles. The normalized spacial score (nSPS) is 11.5. The first-order chi connectivity index (χ1) is 15.3. The van der Waals surface area contributed by atoms with Crippen LogP contribution in [0.3, 0.4) is 0 Å². The number of aryl methyl sites for hydroxylation is 3. The molecule has 0 radical (unpaired) electrons. The summed E-state index contributed by atoms with van der Waals surface area (Å²) in [4.78, 5) is 33.5. The van der Waals surface area contributed by atoms with Gasteiger partial charge in [0.25, 0.3) is 5.56 Å². The number of aromatic nitrogens is 4. The lowest BCUT2D eigenvalue weighted by atomic mass is 10.2. The number of nitrogens with zero attached hydrogens (tertiary/aromatic N) is 4. The van der Waals surface area contributed by atoms with Gasteiger partial charge >= 0.3 is 0 Å². The molecule has 3 heterocycles. The van der Waals surface area contributed by atoms with Gasteiger partial charge in [0.2, 0.25) is 5.91 Å². The Labute approximate surface area is 189 Å². The van der Waals surface area contributed by atoms with Crippen LogP contribution in [0.1, 0.15) is 38.8 Å². The van der Waals surface area contributed by atoms with E-state index in [9.17, 15) is 9.59 Å². The van der Waals surface area contributed by atoms with E-state index in [2.05, 4.69) is 37.7 Å². The maximum atomic E-state index is 12.4. The molecule has 32 heavy (non-hydrogen) atoms. The van der Waals surface area contributed by atoms with Crippen molar-refractivity contribution in [1.29, 1.82) is 0 Å². The summed E-state index contributed by atoms with van der Waals surface area (Å²) < 4.78 is 1.92. The molecule has 0 unspecified atom stereocenters. The van der Waals surface area contributed by atoms with Crippen molar-refractivity contribution in [3.63, 3.8) is 0 Å². The summed E-state index contributed by atoms with van der Waals surface area (Å²) in [5, 5.41) is 9.26. The van der Waals surface area contributed by atoms with Gasteiger partial charge in [-0.05, 0) is 38.8 Å². The quantitative estimate of drug-likeness (QED) is 0.349. The van der Waals surface area contributed by atoms with E-state index in [0.29, 0.717) is 22.6 Å². The standard InChI is InChI=1S/C23H24N6O2S/c1-13-16(4)32-23-21(13)22(31)25-19(26-23)10-20(30)27-24-11-18-14(2)28-29(15(18)3)12-17-8-6-5-7-9-17/h5-9,11H,10,12H2,1-4H3,(H,27,30)(H,25,26,31)/b24-11+. The maximum absolute atomic E-state index is 12.4. The molecule has 164 valence electrons. The van der Waals surface area contributed by atoms with Gasteiger partial charge in [0, 0.05) is 16.1 Å². The number of rotatable bonds is 6. The summed E-state index contributed by atoms with van der Waals surface area (Å²) in [6.45, 7) is 8.40. The van der Waals surface area contributed by atoms with Crippen molar-refractivity contribution in [2.45, 2.75) is 40.7 Å². The summed E-state index contributed by atoms with van der Waals surface area (Å²) in [5.74, 6) is -0.0415. The molecule has 8 nitrogen and oxygen atoms in total. The highest BCUT2D eigenvalue weighted by molar-refractivity contribution is 7.18. The van der Waals surface area contributed by atoms with E-state index in [-0.39, 0.29) is 17.9 Å². The lowest BCUT2D eigenvalue weighted by molar-refractivity contribution is -0.120. The minimum Gasteiger partial charge on any atom is -0.309 e. The second-order valence-corrected chi connectivity index (χ2v) is 8.88. The van der Waals surface area contributed by atoms with Gasteiger partial charge in [0.1, 0.15) is 10.7 Å². The predicted octanol–water partition coefficient (Wildman–Crippen LogP) is 3.16. The zero-order valence-corrected chi connectivity index (χ0v) is 19.2. The fourth-order valence-electron chi connectivity index (χ4n) is 3.55. The number of H-pyrrole nitrogens is 1. The van der Waals surface area contributed by atoms with E-state index < -0.39 is 0 Å². The van der Waals surface area contributed by atoms with Crippen LogP contribution in [0.4, 0.5) is 0 Å². The molecule has 0 bridgehead atoms. The Kier molecular flexibility index (Phi) is 6.00. The second kappa shape index (κ2) is 8.88. The number of carbonyl (C=O) groups excluding carboxylic acids is 1. The molecule has 0 spiro atoms. The van der Waals surface area contributed by atoms with E-state index in [1.165, 1.54) is 11.3 Å². The third-order valence-corrected chi connectivity index (χ3v) is 6.51. The first-order valence-corrected chi connectivity index (χ1v) is 11.0. The first kappa shape index (κ1) is 21.6. The molecule has 9 heteroatoms. The number of aromatic amines is 1. The molecule has 0 saturated heterocycles. The monoisotopic (exact) mass is 448 g/mol. The topological polar surface area (TPSA) is 105 Å². The van der Waals surface area contributed by atoms with E-state index in [4.69, 9.17) is 0 Å². The number of hydrogen-bond acceptors (Lipinski definition) is 6. The van der Waals surface area contributed by atoms with E-state index in [1.54, 1.807) is 6.21 Å². The molecule has 1 amide bonds. The minimum atomic E-state index is -0.360. The van der Waals surface area contributed by atoms with Crippen LogP contribution in [0.15, 0.2) is 40.2 Å². The SMILES string of the molecule is Cc1nn(Cc2ccccc2)c(C)c1/C=N/NC(=O)Cc1nc2sc(C)c(C)c2c(=O)[nH]1. The zero-order valence-electron chi connectivity index (χ0n) is 18.4. The van der Waals surface area contributed by atoms with Crippen molar-refractivity contribution < 1.29 is 4.79 Å². The Bertz CT molecular complexity index is 1380. The van der Waals surface area contributed by atoms with Crippen LogP contribution in [0.5, 0.6) is 0 Å². The van der Waals surface area contributed by atoms with E-state index in [1.807, 2.05) is 50.6 Å². The Balaban J connectivity index is 1.44. The number of amides is 1. The molecule has 0 aliphatic heterocycles. The van der Waals surface area contributed by atoms with Crippen molar-refractivity contribution in [2.24, 2.45) is 5.10 Å². The molecule has 0 aliphatic rings. The Hall–Kier alpha value is -3.59. The number of hydrogen-bond donors (Lipinski definition) is 2. The molecular weight excluding hydrogens is 424 g/mol. The number of benzene rings is 1. The Morgan fingerprint density at radius 3 is 2.72 bits per heavy atom. The van der Waals surface area contributed by atoms with E-state index >= 15 is 0 Å². The van der Waals surface area contributed by atoms with Gasteiger partial charge in [-0.2, -0.15) is 10.2 Å². The average Bonchev–Trinajstić information content (AvgIpc) is 3.18. The lowest BCUT2D eigenvalue weighted by Gasteiger charge is -2.04. The van der Waals surface area contributed by atoms with Gasteiger partial charge in [0.05, 0.1) is 30.3 Å². The molecular formula is C23H24N6O2S. The third kappa shape index (κ3) is 4.38. The van der Waals surface area contributed by atoms with Crippen LogP contribution in [-0.2, 0) is 17.8 Å². The summed E-state index contributed by atoms with van der Waals surface area (Å²) in [5.41, 5.74) is 7.03. The van der Waals surface area contributed by atoms with Crippen molar-refractivity contribution in [3.8, 4) is 0 Å². The molecule has 3 aromatic heterocycles. The summed E-state index contributed by atoms with van der Waals surface area (Å²) >= 11 is 1.45. The number of fused-ring (bicyclic) bond motifs is 1. The van der Waals surface area contributed by atoms with E-state index in [0.717, 1.165) is 33.0 Å². The molecule has 2 N–H and O–H groups in total. The van der Waals surface area contributed by atoms with Gasteiger partial charge in [-0.25, -0.2) is 10.4 Å². The van der Waals surface area contributed by atoms with Crippen LogP contribution in [-0.4, -0.2) is 31.9 Å². The fraction of sp³-hybridized carbons (Fsp3) is 0.261. The highest BCUT2D eigenvalue weighted by Crippen LogP contribution is 2.25. The number of carbonyl (C=O) groups is 1. The third-order valence-electron chi connectivity index (χ3n) is 5.41. The molecule has 0 saturated carbocycles. The Morgan fingerprint density at radius 1 is 1.22 bits per heavy atom. The largest absolute Gasteiger partial charge is 0.309 e. The highest BCUT2D eigenvalue weighted by atomic mass is 32.1. The number of thiophene rings is 1. The van der Waals surface area contributed by atoms with Crippen LogP contribution in [0.25, 0.3) is 10.2 Å². The van der Waals surface area contributed by atoms with Crippen LogP contribution in [0.2, 0.25) is 0 Å². The van der Waals surface area contributed by atoms with Gasteiger partial charge in [-0.15, -0.1) is 11.3 Å². The molecule has 0 fully saturated rings. The smallest absolute Gasteiger partial charge is 0.259 e. The number of hydrazone groups is 1. The summed E-state index contributed by atoms with van der Waals surface area (Å²) in [6.07, 6.45) is 1.53. The van der Waals surface area contributed by atoms with Crippen LogP contribution < -0.4 is 11.0 Å². The zero-order chi connectivity index (χ0) is 22.8.